The number of ether oxygens (including phenoxy) is 1. The third-order valence-corrected chi connectivity index (χ3v) is 1.83. The van der Waals surface area contributed by atoms with Crippen LogP contribution in [0, 0.1) is 0 Å². The molecule has 1 rings (SSSR count). The van der Waals surface area contributed by atoms with Crippen molar-refractivity contribution in [2.24, 2.45) is 5.73 Å². The van der Waals surface area contributed by atoms with Crippen LogP contribution in [0.4, 0.5) is 0 Å². The van der Waals surface area contributed by atoms with Crippen LogP contribution in [0.2, 0.25) is 0 Å². The molecule has 1 aliphatic rings. The molecule has 0 radical (unpaired) electrons. The Kier molecular flexibility index (Phi) is 3.39. The molecule has 0 saturated carbocycles. The van der Waals surface area contributed by atoms with Crippen molar-refractivity contribution >= 4 is 0 Å². The van der Waals surface area contributed by atoms with Gasteiger partial charge < -0.3 is 15.6 Å². The third kappa shape index (κ3) is 2.52. The normalized spacial score (nSPS) is 20.4. The summed E-state index contributed by atoms with van der Waals surface area (Å²) >= 11 is 0. The van der Waals surface area contributed by atoms with E-state index in [0.29, 0.717) is 13.0 Å². The van der Waals surface area contributed by atoms with E-state index in [-0.39, 0.29) is 6.10 Å². The molecule has 0 aromatic heterocycles. The topological polar surface area (TPSA) is 55.5 Å². The summed E-state index contributed by atoms with van der Waals surface area (Å²) in [5.74, 6) is 0. The maximum atomic E-state index is 9.45. The minimum Gasteiger partial charge on any atom is -0.501 e. The van der Waals surface area contributed by atoms with Crippen LogP contribution in [0.5, 0.6) is 0 Å². The van der Waals surface area contributed by atoms with Crippen molar-refractivity contribution in [2.75, 3.05) is 13.2 Å². The standard InChI is InChI=1S/C8H15NO2/c9-4-3-8(10)7-2-1-5-11-6-7/h6,8,10H,1-5,9H2. The molecule has 1 aliphatic heterocycles. The summed E-state index contributed by atoms with van der Waals surface area (Å²) in [5.41, 5.74) is 6.30. The highest BCUT2D eigenvalue weighted by Crippen LogP contribution is 2.16. The van der Waals surface area contributed by atoms with Crippen molar-refractivity contribution in [1.29, 1.82) is 0 Å². The molecule has 1 heterocycles. The molecule has 11 heavy (non-hydrogen) atoms. The van der Waals surface area contributed by atoms with Crippen LogP contribution in [0.25, 0.3) is 0 Å². The Labute approximate surface area is 66.8 Å². The van der Waals surface area contributed by atoms with E-state index >= 15 is 0 Å². The van der Waals surface area contributed by atoms with E-state index in [0.717, 1.165) is 25.0 Å². The van der Waals surface area contributed by atoms with E-state index in [1.165, 1.54) is 0 Å². The average molecular weight is 157 g/mol. The molecule has 3 nitrogen and oxygen atoms in total. The summed E-state index contributed by atoms with van der Waals surface area (Å²) in [5, 5.41) is 9.45. The van der Waals surface area contributed by atoms with Crippen LogP contribution in [-0.4, -0.2) is 24.4 Å². The zero-order valence-corrected chi connectivity index (χ0v) is 6.62. The summed E-state index contributed by atoms with van der Waals surface area (Å²) in [4.78, 5) is 0. The highest BCUT2D eigenvalue weighted by molar-refractivity contribution is 5.06. The highest BCUT2D eigenvalue weighted by atomic mass is 16.5. The Morgan fingerprint density at radius 2 is 2.55 bits per heavy atom. The van der Waals surface area contributed by atoms with Gasteiger partial charge in [0.1, 0.15) is 0 Å². The summed E-state index contributed by atoms with van der Waals surface area (Å²) < 4.78 is 5.09. The van der Waals surface area contributed by atoms with Gasteiger partial charge in [0.25, 0.3) is 0 Å². The second-order valence-electron chi connectivity index (χ2n) is 2.76. The number of aliphatic hydroxyl groups is 1. The number of rotatable bonds is 3. The van der Waals surface area contributed by atoms with Gasteiger partial charge in [0.2, 0.25) is 0 Å². The summed E-state index contributed by atoms with van der Waals surface area (Å²) in [6.45, 7) is 1.30. The van der Waals surface area contributed by atoms with Crippen LogP contribution >= 0.6 is 0 Å². The molecule has 0 aromatic carbocycles. The number of aliphatic hydroxyl groups excluding tert-OH is 1. The van der Waals surface area contributed by atoms with Crippen molar-refractivity contribution in [2.45, 2.75) is 25.4 Å². The van der Waals surface area contributed by atoms with Gasteiger partial charge in [-0.15, -0.1) is 0 Å². The second kappa shape index (κ2) is 4.36. The third-order valence-electron chi connectivity index (χ3n) is 1.83. The lowest BCUT2D eigenvalue weighted by molar-refractivity contribution is 0.164. The smallest absolute Gasteiger partial charge is 0.0876 e. The maximum Gasteiger partial charge on any atom is 0.0876 e. The number of hydrogen-bond donors (Lipinski definition) is 2. The van der Waals surface area contributed by atoms with Crippen molar-refractivity contribution in [3.05, 3.63) is 11.8 Å². The molecule has 64 valence electrons. The first-order chi connectivity index (χ1) is 5.34. The Morgan fingerprint density at radius 1 is 1.73 bits per heavy atom. The van der Waals surface area contributed by atoms with Crippen molar-refractivity contribution in [3.8, 4) is 0 Å². The van der Waals surface area contributed by atoms with Gasteiger partial charge in [-0.25, -0.2) is 0 Å². The lowest BCUT2D eigenvalue weighted by Gasteiger charge is -2.17. The lowest BCUT2D eigenvalue weighted by atomic mass is 10.0. The number of nitrogens with two attached hydrogens (primary N) is 1. The molecular formula is C8H15NO2. The first-order valence-corrected chi connectivity index (χ1v) is 4.03. The molecule has 1 unspecified atom stereocenters. The van der Waals surface area contributed by atoms with Gasteiger partial charge in [-0.3, -0.25) is 0 Å². The monoisotopic (exact) mass is 157 g/mol. The van der Waals surface area contributed by atoms with Crippen molar-refractivity contribution in [1.82, 2.24) is 0 Å². The molecule has 0 bridgehead atoms. The second-order valence-corrected chi connectivity index (χ2v) is 2.76. The van der Waals surface area contributed by atoms with Gasteiger partial charge in [-0.2, -0.15) is 0 Å². The zero-order chi connectivity index (χ0) is 8.10. The average Bonchev–Trinajstić information content (AvgIpc) is 2.07. The minimum absolute atomic E-state index is 0.389. The van der Waals surface area contributed by atoms with Gasteiger partial charge in [0.15, 0.2) is 0 Å². The number of hydrogen-bond acceptors (Lipinski definition) is 3. The van der Waals surface area contributed by atoms with Crippen molar-refractivity contribution < 1.29 is 9.84 Å². The predicted molar refractivity (Wildman–Crippen MR) is 42.9 cm³/mol. The molecule has 0 spiro atoms. The molecule has 3 N–H and O–H groups in total. The van der Waals surface area contributed by atoms with Crippen molar-refractivity contribution in [3.63, 3.8) is 0 Å². The van der Waals surface area contributed by atoms with Crippen LogP contribution in [0.1, 0.15) is 19.3 Å². The highest BCUT2D eigenvalue weighted by Gasteiger charge is 2.12. The molecule has 0 amide bonds. The molecule has 0 saturated heterocycles. The largest absolute Gasteiger partial charge is 0.501 e. The van der Waals surface area contributed by atoms with Crippen LogP contribution in [0.3, 0.4) is 0 Å². The Balaban J connectivity index is 2.37. The summed E-state index contributed by atoms with van der Waals surface area (Å²) in [7, 11) is 0. The van der Waals surface area contributed by atoms with Gasteiger partial charge in [0.05, 0.1) is 19.0 Å². The molecule has 0 aliphatic carbocycles. The minimum atomic E-state index is -0.389. The molecule has 0 fully saturated rings. The molecule has 3 heteroatoms. The fraction of sp³-hybridized carbons (Fsp3) is 0.750. The summed E-state index contributed by atoms with van der Waals surface area (Å²) in [6, 6.07) is 0. The molecular weight excluding hydrogens is 142 g/mol. The first kappa shape index (κ1) is 8.56. The van der Waals surface area contributed by atoms with E-state index in [1.54, 1.807) is 6.26 Å². The van der Waals surface area contributed by atoms with E-state index in [1.807, 2.05) is 0 Å². The summed E-state index contributed by atoms with van der Waals surface area (Å²) in [6.07, 6.45) is 3.87. The first-order valence-electron chi connectivity index (χ1n) is 4.03. The van der Waals surface area contributed by atoms with Gasteiger partial charge in [0, 0.05) is 0 Å². The van der Waals surface area contributed by atoms with E-state index < -0.39 is 0 Å². The lowest BCUT2D eigenvalue weighted by Crippen LogP contribution is -2.18. The fourth-order valence-corrected chi connectivity index (χ4v) is 1.17. The Bertz CT molecular complexity index is 145. The van der Waals surface area contributed by atoms with Crippen LogP contribution < -0.4 is 5.73 Å². The molecule has 0 aromatic rings. The zero-order valence-electron chi connectivity index (χ0n) is 6.62. The van der Waals surface area contributed by atoms with E-state index in [4.69, 9.17) is 10.5 Å². The van der Waals surface area contributed by atoms with Gasteiger partial charge >= 0.3 is 0 Å². The van der Waals surface area contributed by atoms with E-state index in [2.05, 4.69) is 0 Å². The molecule has 1 atom stereocenters. The fourth-order valence-electron chi connectivity index (χ4n) is 1.17. The predicted octanol–water partition coefficient (Wildman–Crippen LogP) is 0.390. The quantitative estimate of drug-likeness (QED) is 0.623. The Morgan fingerprint density at radius 3 is 3.09 bits per heavy atom. The van der Waals surface area contributed by atoms with Gasteiger partial charge in [-0.05, 0) is 31.4 Å². The maximum absolute atomic E-state index is 9.45. The van der Waals surface area contributed by atoms with Gasteiger partial charge in [-0.1, -0.05) is 0 Å². The Hall–Kier alpha value is -0.540. The SMILES string of the molecule is NCCC(O)C1=COCCC1. The van der Waals surface area contributed by atoms with Crippen LogP contribution in [0.15, 0.2) is 11.8 Å². The van der Waals surface area contributed by atoms with E-state index in [9.17, 15) is 5.11 Å². The van der Waals surface area contributed by atoms with Crippen LogP contribution in [-0.2, 0) is 4.74 Å².